The summed E-state index contributed by atoms with van der Waals surface area (Å²) in [5.74, 6) is 0.884. The van der Waals surface area contributed by atoms with Crippen LogP contribution < -0.4 is 0 Å². The highest BCUT2D eigenvalue weighted by Gasteiger charge is 2.13. The summed E-state index contributed by atoms with van der Waals surface area (Å²) in [6.07, 6.45) is 6.95. The average Bonchev–Trinajstić information content (AvgIpc) is 2.16. The maximum absolute atomic E-state index is 7.00. The molecule has 0 rings (SSSR count). The summed E-state index contributed by atoms with van der Waals surface area (Å²) in [6.45, 7) is 11.7. The highest BCUT2D eigenvalue weighted by Crippen LogP contribution is 2.27. The lowest BCUT2D eigenvalue weighted by Gasteiger charge is -2.22. The Kier molecular flexibility index (Phi) is 11.1. The number of aliphatic hydroxyl groups excluding tert-OH is 1. The molecular formula is C13H30O. The third-order valence-electron chi connectivity index (χ3n) is 2.84. The Balaban J connectivity index is 0. The molecule has 1 heteroatoms. The molecule has 14 heavy (non-hydrogen) atoms. The third-order valence-corrected chi connectivity index (χ3v) is 2.84. The fraction of sp³-hybridized carbons (Fsp3) is 1.00. The van der Waals surface area contributed by atoms with Gasteiger partial charge >= 0.3 is 0 Å². The van der Waals surface area contributed by atoms with E-state index < -0.39 is 0 Å². The second-order valence-corrected chi connectivity index (χ2v) is 5.16. The number of hydrogen-bond acceptors (Lipinski definition) is 1. The average molecular weight is 202 g/mol. The smallest absolute Gasteiger partial charge is 0.0319 e. The van der Waals surface area contributed by atoms with E-state index >= 15 is 0 Å². The number of aliphatic hydroxyl groups is 1. The van der Waals surface area contributed by atoms with Gasteiger partial charge in [0.05, 0.1) is 0 Å². The van der Waals surface area contributed by atoms with Crippen LogP contribution in [0.4, 0.5) is 0 Å². The van der Waals surface area contributed by atoms with Gasteiger partial charge in [0, 0.05) is 7.11 Å². The summed E-state index contributed by atoms with van der Waals surface area (Å²) in [7, 11) is 1.00. The van der Waals surface area contributed by atoms with E-state index in [1.165, 1.54) is 32.1 Å². The minimum absolute atomic E-state index is 0.580. The van der Waals surface area contributed by atoms with E-state index in [9.17, 15) is 0 Å². The van der Waals surface area contributed by atoms with Crippen LogP contribution in [0, 0.1) is 11.3 Å². The molecule has 0 unspecified atom stereocenters. The highest BCUT2D eigenvalue weighted by molar-refractivity contribution is 4.65. The van der Waals surface area contributed by atoms with Gasteiger partial charge < -0.3 is 5.11 Å². The minimum atomic E-state index is 0.580. The number of unbranched alkanes of at least 4 members (excludes halogenated alkanes) is 1. The van der Waals surface area contributed by atoms with Crippen molar-refractivity contribution in [1.82, 2.24) is 0 Å². The first-order chi connectivity index (χ1) is 6.48. The van der Waals surface area contributed by atoms with Crippen molar-refractivity contribution in [3.05, 3.63) is 0 Å². The third kappa shape index (κ3) is 12.0. The Morgan fingerprint density at radius 1 is 1.07 bits per heavy atom. The van der Waals surface area contributed by atoms with Gasteiger partial charge in [-0.1, -0.05) is 60.3 Å². The van der Waals surface area contributed by atoms with Crippen LogP contribution in [0.1, 0.15) is 66.7 Å². The van der Waals surface area contributed by atoms with E-state index in [-0.39, 0.29) is 0 Å². The molecule has 0 aromatic heterocycles. The zero-order valence-electron chi connectivity index (χ0n) is 11.1. The molecule has 1 nitrogen and oxygen atoms in total. The van der Waals surface area contributed by atoms with Crippen LogP contribution in [0.5, 0.6) is 0 Å². The topological polar surface area (TPSA) is 20.2 Å². The van der Waals surface area contributed by atoms with Crippen molar-refractivity contribution in [2.24, 2.45) is 11.3 Å². The Morgan fingerprint density at radius 3 is 1.93 bits per heavy atom. The van der Waals surface area contributed by atoms with Crippen LogP contribution in [0.15, 0.2) is 0 Å². The van der Waals surface area contributed by atoms with Crippen molar-refractivity contribution in [1.29, 1.82) is 0 Å². The summed E-state index contributed by atoms with van der Waals surface area (Å²) < 4.78 is 0. The van der Waals surface area contributed by atoms with Crippen LogP contribution >= 0.6 is 0 Å². The standard InChI is InChI=1S/C12H26.CH4O/c1-6-12(4,5)10-8-7-9-11(2)3;1-2/h11H,6-10H2,1-5H3;2H,1H3. The van der Waals surface area contributed by atoms with E-state index in [0.717, 1.165) is 13.0 Å². The van der Waals surface area contributed by atoms with Gasteiger partial charge in [-0.25, -0.2) is 0 Å². The molecule has 0 aromatic carbocycles. The first-order valence-corrected chi connectivity index (χ1v) is 5.92. The molecule has 0 heterocycles. The molecule has 0 saturated carbocycles. The molecule has 0 aliphatic carbocycles. The van der Waals surface area contributed by atoms with Gasteiger partial charge in [-0.3, -0.25) is 0 Å². The minimum Gasteiger partial charge on any atom is -0.400 e. The van der Waals surface area contributed by atoms with Gasteiger partial charge in [-0.05, 0) is 17.8 Å². The molecule has 0 spiro atoms. The van der Waals surface area contributed by atoms with Gasteiger partial charge in [0.1, 0.15) is 0 Å². The quantitative estimate of drug-likeness (QED) is 0.638. The van der Waals surface area contributed by atoms with Crippen LogP contribution in [0.25, 0.3) is 0 Å². The fourth-order valence-electron chi connectivity index (χ4n) is 1.33. The van der Waals surface area contributed by atoms with Crippen LogP contribution in [0.3, 0.4) is 0 Å². The molecular weight excluding hydrogens is 172 g/mol. The lowest BCUT2D eigenvalue weighted by Crippen LogP contribution is -2.08. The lowest BCUT2D eigenvalue weighted by atomic mass is 9.84. The number of rotatable bonds is 6. The van der Waals surface area contributed by atoms with Crippen molar-refractivity contribution in [2.45, 2.75) is 66.7 Å². The van der Waals surface area contributed by atoms with Crippen LogP contribution in [-0.2, 0) is 0 Å². The van der Waals surface area contributed by atoms with E-state index in [1.54, 1.807) is 0 Å². The molecule has 0 saturated heterocycles. The van der Waals surface area contributed by atoms with Crippen molar-refractivity contribution in [2.75, 3.05) is 7.11 Å². The van der Waals surface area contributed by atoms with Crippen molar-refractivity contribution in [3.63, 3.8) is 0 Å². The lowest BCUT2D eigenvalue weighted by molar-refractivity contribution is 0.304. The predicted octanol–water partition coefficient (Wildman–Crippen LogP) is 4.25. The normalized spacial score (nSPS) is 11.1. The van der Waals surface area contributed by atoms with Gasteiger partial charge in [-0.15, -0.1) is 0 Å². The molecule has 0 atom stereocenters. The molecule has 0 fully saturated rings. The second kappa shape index (κ2) is 9.51. The maximum atomic E-state index is 7.00. The Morgan fingerprint density at radius 2 is 1.57 bits per heavy atom. The maximum Gasteiger partial charge on any atom is 0.0319 e. The largest absolute Gasteiger partial charge is 0.400 e. The van der Waals surface area contributed by atoms with Gasteiger partial charge in [0.25, 0.3) is 0 Å². The van der Waals surface area contributed by atoms with E-state index in [0.29, 0.717) is 5.41 Å². The van der Waals surface area contributed by atoms with E-state index in [4.69, 9.17) is 5.11 Å². The monoisotopic (exact) mass is 202 g/mol. The molecule has 0 aliphatic rings. The molecule has 0 amide bonds. The summed E-state index contributed by atoms with van der Waals surface area (Å²) in [5.41, 5.74) is 0.580. The van der Waals surface area contributed by atoms with E-state index in [1.807, 2.05) is 0 Å². The Bertz CT molecular complexity index is 106. The zero-order valence-corrected chi connectivity index (χ0v) is 11.1. The molecule has 88 valence electrons. The number of hydrogen-bond donors (Lipinski definition) is 1. The summed E-state index contributed by atoms with van der Waals surface area (Å²) in [5, 5.41) is 7.00. The SMILES string of the molecule is CCC(C)(C)CCCCC(C)C.CO. The molecule has 0 aliphatic heterocycles. The zero-order chi connectivity index (χ0) is 11.6. The van der Waals surface area contributed by atoms with Crippen molar-refractivity contribution >= 4 is 0 Å². The predicted molar refractivity (Wildman–Crippen MR) is 65.5 cm³/mol. The Labute approximate surface area is 90.9 Å². The molecule has 0 aromatic rings. The van der Waals surface area contributed by atoms with Crippen LogP contribution in [0.2, 0.25) is 0 Å². The highest BCUT2D eigenvalue weighted by atomic mass is 16.2. The summed E-state index contributed by atoms with van der Waals surface area (Å²) in [6, 6.07) is 0. The van der Waals surface area contributed by atoms with E-state index in [2.05, 4.69) is 34.6 Å². The first-order valence-electron chi connectivity index (χ1n) is 5.92. The first kappa shape index (κ1) is 16.4. The Hall–Kier alpha value is -0.0400. The summed E-state index contributed by atoms with van der Waals surface area (Å²) >= 11 is 0. The second-order valence-electron chi connectivity index (χ2n) is 5.16. The van der Waals surface area contributed by atoms with Gasteiger partial charge in [0.15, 0.2) is 0 Å². The van der Waals surface area contributed by atoms with Crippen molar-refractivity contribution in [3.8, 4) is 0 Å². The fourth-order valence-corrected chi connectivity index (χ4v) is 1.33. The van der Waals surface area contributed by atoms with Crippen molar-refractivity contribution < 1.29 is 5.11 Å². The summed E-state index contributed by atoms with van der Waals surface area (Å²) in [4.78, 5) is 0. The molecule has 0 radical (unpaired) electrons. The van der Waals surface area contributed by atoms with Crippen LogP contribution in [-0.4, -0.2) is 12.2 Å². The molecule has 0 bridgehead atoms. The van der Waals surface area contributed by atoms with Gasteiger partial charge in [0.2, 0.25) is 0 Å². The van der Waals surface area contributed by atoms with Gasteiger partial charge in [-0.2, -0.15) is 0 Å². The molecule has 1 N–H and O–H groups in total.